The predicted octanol–water partition coefficient (Wildman–Crippen LogP) is 3.78. The van der Waals surface area contributed by atoms with Crippen molar-refractivity contribution >= 4 is 27.0 Å². The molecule has 2 aromatic heterocycles. The van der Waals surface area contributed by atoms with Crippen LogP contribution in [-0.2, 0) is 10.0 Å². The zero-order valence-electron chi connectivity index (χ0n) is 19.4. The summed E-state index contributed by atoms with van der Waals surface area (Å²) < 4.78 is 29.5. The van der Waals surface area contributed by atoms with Crippen LogP contribution in [0.15, 0.2) is 41.3 Å². The van der Waals surface area contributed by atoms with Crippen LogP contribution in [0.5, 0.6) is 5.88 Å². The number of pyridine rings is 1. The number of aromatic nitrogens is 3. The number of nitrogens with zero attached hydrogens (tertiary/aromatic N) is 3. The fraction of sp³-hybridized carbons (Fsp3) is 0.423. The summed E-state index contributed by atoms with van der Waals surface area (Å²) in [6, 6.07) is 10.1. The molecule has 2 heterocycles. The molecule has 0 saturated heterocycles. The lowest BCUT2D eigenvalue weighted by atomic mass is 10.1. The van der Waals surface area contributed by atoms with Crippen LogP contribution < -0.4 is 15.2 Å². The second kappa shape index (κ2) is 8.47. The van der Waals surface area contributed by atoms with Gasteiger partial charge in [-0.25, -0.2) is 23.5 Å². The lowest BCUT2D eigenvalue weighted by Crippen LogP contribution is -2.17. The van der Waals surface area contributed by atoms with Gasteiger partial charge in [0.2, 0.25) is 21.9 Å². The fourth-order valence-electron chi connectivity index (χ4n) is 4.74. The lowest BCUT2D eigenvalue weighted by Gasteiger charge is -2.18. The van der Waals surface area contributed by atoms with E-state index < -0.39 is 10.0 Å². The molecule has 35 heavy (non-hydrogen) atoms. The smallest absolute Gasteiger partial charge is 0.245 e. The Bertz CT molecular complexity index is 1450. The van der Waals surface area contributed by atoms with Crippen molar-refractivity contribution in [1.82, 2.24) is 15.0 Å². The first-order valence-electron chi connectivity index (χ1n) is 12.1. The first kappa shape index (κ1) is 22.3. The van der Waals surface area contributed by atoms with E-state index in [-0.39, 0.29) is 17.0 Å². The Balaban J connectivity index is 1.29. The van der Waals surface area contributed by atoms with Crippen LogP contribution in [0, 0.1) is 29.6 Å². The van der Waals surface area contributed by atoms with Crippen molar-refractivity contribution in [2.75, 3.05) is 5.32 Å². The third-order valence-electron chi connectivity index (χ3n) is 7.02. The maximum atomic E-state index is 11.5. The number of benzene rings is 1. The number of primary sulfonamides is 1. The van der Waals surface area contributed by atoms with Gasteiger partial charge < -0.3 is 10.1 Å². The number of nitrogens with two attached hydrogens (primary N) is 1. The van der Waals surface area contributed by atoms with Gasteiger partial charge in [-0.3, -0.25) is 0 Å². The van der Waals surface area contributed by atoms with E-state index in [9.17, 15) is 8.42 Å². The Morgan fingerprint density at radius 2 is 1.77 bits per heavy atom. The van der Waals surface area contributed by atoms with E-state index in [0.29, 0.717) is 34.5 Å². The standard InChI is InChI=1S/C26H27N5O3S/c1-15(17-5-9-22(10-6-17)35(27,32)33)28-26-30-23-11-8-20(7-4-16-2-3-16)29-24(23)25(31-26)34-21-13-18-12-19(18)14-21/h5-6,8-11,15-16,18-19,21H,2-3,12-14H2,1H3,(H2,27,32,33)(H,28,30,31). The molecule has 0 amide bonds. The molecule has 3 aliphatic rings. The van der Waals surface area contributed by atoms with Gasteiger partial charge in [0.25, 0.3) is 0 Å². The monoisotopic (exact) mass is 489 g/mol. The Hall–Kier alpha value is -3.22. The van der Waals surface area contributed by atoms with Crippen molar-refractivity contribution in [1.29, 1.82) is 0 Å². The zero-order valence-corrected chi connectivity index (χ0v) is 20.3. The molecule has 3 fully saturated rings. The molecule has 0 spiro atoms. The van der Waals surface area contributed by atoms with Crippen molar-refractivity contribution in [3.8, 4) is 17.7 Å². The summed E-state index contributed by atoms with van der Waals surface area (Å²) >= 11 is 0. The third kappa shape index (κ3) is 4.95. The average molecular weight is 490 g/mol. The first-order valence-corrected chi connectivity index (χ1v) is 13.6. The Morgan fingerprint density at radius 3 is 2.46 bits per heavy atom. The van der Waals surface area contributed by atoms with Crippen molar-refractivity contribution in [2.45, 2.75) is 56.1 Å². The van der Waals surface area contributed by atoms with E-state index in [0.717, 1.165) is 30.2 Å². The van der Waals surface area contributed by atoms with E-state index in [1.807, 2.05) is 19.1 Å². The van der Waals surface area contributed by atoms with Crippen LogP contribution in [0.25, 0.3) is 11.0 Å². The molecule has 3 unspecified atom stereocenters. The summed E-state index contributed by atoms with van der Waals surface area (Å²) in [5.74, 6) is 9.42. The highest BCUT2D eigenvalue weighted by Gasteiger charge is 2.47. The summed E-state index contributed by atoms with van der Waals surface area (Å²) in [5.41, 5.74) is 2.90. The summed E-state index contributed by atoms with van der Waals surface area (Å²) in [6.07, 6.45) is 5.92. The summed E-state index contributed by atoms with van der Waals surface area (Å²) in [4.78, 5) is 14.2. The maximum absolute atomic E-state index is 11.5. The summed E-state index contributed by atoms with van der Waals surface area (Å²) in [7, 11) is -3.73. The molecule has 6 rings (SSSR count). The van der Waals surface area contributed by atoms with Gasteiger partial charge in [-0.1, -0.05) is 18.1 Å². The van der Waals surface area contributed by atoms with E-state index in [4.69, 9.17) is 19.8 Å². The van der Waals surface area contributed by atoms with Crippen molar-refractivity contribution < 1.29 is 13.2 Å². The molecule has 3 N–H and O–H groups in total. The largest absolute Gasteiger partial charge is 0.473 e. The van der Waals surface area contributed by atoms with Crippen molar-refractivity contribution in [3.05, 3.63) is 47.7 Å². The third-order valence-corrected chi connectivity index (χ3v) is 7.95. The second-order valence-electron chi connectivity index (χ2n) is 9.91. The molecule has 3 saturated carbocycles. The lowest BCUT2D eigenvalue weighted by molar-refractivity contribution is 0.189. The average Bonchev–Trinajstić information content (AvgIpc) is 3.76. The highest BCUT2D eigenvalue weighted by atomic mass is 32.2. The quantitative estimate of drug-likeness (QED) is 0.506. The molecule has 9 heteroatoms. The highest BCUT2D eigenvalue weighted by Crippen LogP contribution is 2.52. The van der Waals surface area contributed by atoms with Crippen LogP contribution >= 0.6 is 0 Å². The minimum absolute atomic E-state index is 0.0763. The number of nitrogens with one attached hydrogen (secondary N) is 1. The molecule has 1 aromatic carbocycles. The summed E-state index contributed by atoms with van der Waals surface area (Å²) in [5, 5.41) is 8.53. The molecule has 0 aliphatic heterocycles. The molecule has 3 aromatic rings. The number of anilines is 1. The molecular weight excluding hydrogens is 462 g/mol. The maximum Gasteiger partial charge on any atom is 0.245 e. The molecule has 8 nitrogen and oxygen atoms in total. The molecular formula is C26H27N5O3S. The van der Waals surface area contributed by atoms with Crippen molar-refractivity contribution in [3.63, 3.8) is 0 Å². The van der Waals surface area contributed by atoms with Crippen LogP contribution in [0.1, 0.15) is 56.3 Å². The molecule has 0 bridgehead atoms. The van der Waals surface area contributed by atoms with Crippen LogP contribution in [0.2, 0.25) is 0 Å². The van der Waals surface area contributed by atoms with Gasteiger partial charge in [0, 0.05) is 5.92 Å². The zero-order chi connectivity index (χ0) is 24.2. The minimum Gasteiger partial charge on any atom is -0.473 e. The van der Waals surface area contributed by atoms with Crippen LogP contribution in [-0.4, -0.2) is 29.5 Å². The Morgan fingerprint density at radius 1 is 1.03 bits per heavy atom. The number of sulfonamides is 1. The number of fused-ring (bicyclic) bond motifs is 2. The van der Waals surface area contributed by atoms with Crippen LogP contribution in [0.4, 0.5) is 5.95 Å². The van der Waals surface area contributed by atoms with Crippen LogP contribution in [0.3, 0.4) is 0 Å². The number of rotatable bonds is 6. The predicted molar refractivity (Wildman–Crippen MR) is 132 cm³/mol. The summed E-state index contributed by atoms with van der Waals surface area (Å²) in [6.45, 7) is 1.96. The Kier molecular flexibility index (Phi) is 5.38. The molecule has 3 atom stereocenters. The van der Waals surface area contributed by atoms with Gasteiger partial charge in [-0.2, -0.15) is 4.98 Å². The molecule has 180 valence electrons. The number of hydrogen-bond acceptors (Lipinski definition) is 7. The van der Waals surface area contributed by atoms with E-state index in [2.05, 4.69) is 22.1 Å². The topological polar surface area (TPSA) is 120 Å². The van der Waals surface area contributed by atoms with Crippen molar-refractivity contribution in [2.24, 2.45) is 22.9 Å². The second-order valence-corrected chi connectivity index (χ2v) is 11.5. The SMILES string of the molecule is CC(Nc1nc(OC2CC3CC3C2)c2nc(C#CC3CC3)ccc2n1)c1ccc(S(N)(=O)=O)cc1. The highest BCUT2D eigenvalue weighted by molar-refractivity contribution is 7.89. The van der Waals surface area contributed by atoms with E-state index >= 15 is 0 Å². The first-order chi connectivity index (χ1) is 16.8. The fourth-order valence-corrected chi connectivity index (χ4v) is 5.26. The molecule has 3 aliphatic carbocycles. The van der Waals surface area contributed by atoms with Gasteiger partial charge in [-0.15, -0.1) is 0 Å². The minimum atomic E-state index is -3.73. The molecule has 0 radical (unpaired) electrons. The normalized spacial score (nSPS) is 23.8. The van der Waals surface area contributed by atoms with E-state index in [1.165, 1.54) is 31.4 Å². The van der Waals surface area contributed by atoms with Gasteiger partial charge in [0.1, 0.15) is 11.8 Å². The van der Waals surface area contributed by atoms with Gasteiger partial charge >= 0.3 is 0 Å². The van der Waals surface area contributed by atoms with Gasteiger partial charge in [0.15, 0.2) is 5.52 Å². The number of hydrogen-bond donors (Lipinski definition) is 2. The van der Waals surface area contributed by atoms with Gasteiger partial charge in [-0.05, 0) is 86.6 Å². The van der Waals surface area contributed by atoms with E-state index in [1.54, 1.807) is 12.1 Å². The Labute approximate surface area is 204 Å². The number of ether oxygens (including phenoxy) is 1. The van der Waals surface area contributed by atoms with Gasteiger partial charge in [0.05, 0.1) is 16.5 Å².